The van der Waals surface area contributed by atoms with Crippen molar-refractivity contribution < 1.29 is 14.3 Å². The van der Waals surface area contributed by atoms with E-state index < -0.39 is 17.9 Å². The number of carbonyl (C=O) groups is 2. The van der Waals surface area contributed by atoms with Crippen molar-refractivity contribution in [1.29, 1.82) is 0 Å². The molecule has 0 bridgehead atoms. The first-order valence-electron chi connectivity index (χ1n) is 4.72. The van der Waals surface area contributed by atoms with Gasteiger partial charge in [-0.3, -0.25) is 9.78 Å². The third kappa shape index (κ3) is 3.01. The van der Waals surface area contributed by atoms with Crippen LogP contribution in [-0.4, -0.2) is 35.0 Å². The van der Waals surface area contributed by atoms with Crippen LogP contribution in [0.5, 0.6) is 0 Å². The molecule has 1 aromatic heterocycles. The van der Waals surface area contributed by atoms with E-state index in [4.69, 9.17) is 0 Å². The molecule has 0 spiro atoms. The molecule has 0 radical (unpaired) electrons. The van der Waals surface area contributed by atoms with Gasteiger partial charge in [0.1, 0.15) is 11.7 Å². The number of nitrogens with zero attached hydrogens (tertiary/aromatic N) is 2. The average Bonchev–Trinajstić information content (AvgIpc) is 2.28. The molecule has 0 saturated carbocycles. The van der Waals surface area contributed by atoms with Crippen molar-refractivity contribution in [3.8, 4) is 0 Å². The van der Waals surface area contributed by atoms with E-state index in [-0.39, 0.29) is 5.69 Å². The molecular weight excluding hydrogens is 210 g/mol. The van der Waals surface area contributed by atoms with Crippen molar-refractivity contribution in [2.75, 3.05) is 7.11 Å². The highest BCUT2D eigenvalue weighted by Crippen LogP contribution is 1.95. The van der Waals surface area contributed by atoms with Gasteiger partial charge in [0.05, 0.1) is 19.0 Å². The predicted octanol–water partition coefficient (Wildman–Crippen LogP) is 0.0763. The van der Waals surface area contributed by atoms with E-state index >= 15 is 0 Å². The molecule has 16 heavy (non-hydrogen) atoms. The van der Waals surface area contributed by atoms with Crippen LogP contribution < -0.4 is 5.32 Å². The van der Waals surface area contributed by atoms with Crippen LogP contribution in [0.25, 0.3) is 0 Å². The van der Waals surface area contributed by atoms with Gasteiger partial charge in [-0.15, -0.1) is 0 Å². The summed E-state index contributed by atoms with van der Waals surface area (Å²) in [6.45, 7) is 3.30. The standard InChI is InChI=1S/C10H13N3O3/c1-6-4-12-8(5-11-6)9(14)13-7(2)10(15)16-3/h4-5,7H,1-3H3,(H,13,14). The largest absolute Gasteiger partial charge is 0.467 e. The fourth-order valence-electron chi connectivity index (χ4n) is 1.02. The molecule has 0 fully saturated rings. The van der Waals surface area contributed by atoms with Crippen LogP contribution in [0, 0.1) is 6.92 Å². The summed E-state index contributed by atoms with van der Waals surface area (Å²) in [7, 11) is 1.26. The molecule has 1 amide bonds. The SMILES string of the molecule is COC(=O)C(C)NC(=O)c1cnc(C)cn1. The minimum atomic E-state index is -0.708. The van der Waals surface area contributed by atoms with Gasteiger partial charge in [-0.25, -0.2) is 9.78 Å². The van der Waals surface area contributed by atoms with Crippen LogP contribution in [0.15, 0.2) is 12.4 Å². The topological polar surface area (TPSA) is 81.2 Å². The summed E-state index contributed by atoms with van der Waals surface area (Å²) >= 11 is 0. The normalized spacial score (nSPS) is 11.7. The number of nitrogens with one attached hydrogen (secondary N) is 1. The van der Waals surface area contributed by atoms with Gasteiger partial charge in [0.25, 0.3) is 5.91 Å². The Bertz CT molecular complexity index is 389. The van der Waals surface area contributed by atoms with E-state index in [0.29, 0.717) is 0 Å². The lowest BCUT2D eigenvalue weighted by molar-refractivity contribution is -0.142. The highest BCUT2D eigenvalue weighted by atomic mass is 16.5. The van der Waals surface area contributed by atoms with Gasteiger partial charge in [-0.2, -0.15) is 0 Å². The number of methoxy groups -OCH3 is 1. The quantitative estimate of drug-likeness (QED) is 0.734. The lowest BCUT2D eigenvalue weighted by atomic mass is 10.3. The number of aryl methyl sites for hydroxylation is 1. The molecule has 0 aliphatic carbocycles. The van der Waals surface area contributed by atoms with Crippen molar-refractivity contribution in [2.45, 2.75) is 19.9 Å². The van der Waals surface area contributed by atoms with Crippen LogP contribution in [-0.2, 0) is 9.53 Å². The Morgan fingerprint density at radius 3 is 2.56 bits per heavy atom. The summed E-state index contributed by atoms with van der Waals surface area (Å²) in [4.78, 5) is 30.4. The summed E-state index contributed by atoms with van der Waals surface area (Å²) in [6, 6.07) is -0.708. The molecule has 0 aromatic carbocycles. The van der Waals surface area contributed by atoms with Crippen molar-refractivity contribution in [2.24, 2.45) is 0 Å². The first-order valence-corrected chi connectivity index (χ1v) is 4.72. The number of hydrogen-bond donors (Lipinski definition) is 1. The number of amides is 1. The van der Waals surface area contributed by atoms with Crippen LogP contribution in [0.1, 0.15) is 23.1 Å². The highest BCUT2D eigenvalue weighted by molar-refractivity contribution is 5.94. The number of hydrogen-bond acceptors (Lipinski definition) is 5. The lowest BCUT2D eigenvalue weighted by Gasteiger charge is -2.10. The second-order valence-electron chi connectivity index (χ2n) is 3.26. The molecule has 1 aromatic rings. The van der Waals surface area contributed by atoms with E-state index in [1.54, 1.807) is 6.92 Å². The van der Waals surface area contributed by atoms with Gasteiger partial charge in [-0.05, 0) is 13.8 Å². The molecule has 1 rings (SSSR count). The number of ether oxygens (including phenoxy) is 1. The molecule has 1 N–H and O–H groups in total. The molecule has 1 heterocycles. The summed E-state index contributed by atoms with van der Waals surface area (Å²) in [6.07, 6.45) is 2.84. The monoisotopic (exact) mass is 223 g/mol. The maximum absolute atomic E-state index is 11.6. The number of esters is 1. The minimum absolute atomic E-state index is 0.168. The van der Waals surface area contributed by atoms with E-state index in [2.05, 4.69) is 20.0 Å². The van der Waals surface area contributed by atoms with Gasteiger partial charge in [0, 0.05) is 6.20 Å². The van der Waals surface area contributed by atoms with Gasteiger partial charge < -0.3 is 10.1 Å². The minimum Gasteiger partial charge on any atom is -0.467 e. The maximum Gasteiger partial charge on any atom is 0.328 e. The van der Waals surface area contributed by atoms with Gasteiger partial charge >= 0.3 is 5.97 Å². The molecule has 86 valence electrons. The Kier molecular flexibility index (Phi) is 3.93. The number of aromatic nitrogens is 2. The molecule has 0 saturated heterocycles. The van der Waals surface area contributed by atoms with Crippen LogP contribution in [0.2, 0.25) is 0 Å². The lowest BCUT2D eigenvalue weighted by Crippen LogP contribution is -2.39. The van der Waals surface area contributed by atoms with E-state index in [1.807, 2.05) is 0 Å². The van der Waals surface area contributed by atoms with Crippen molar-refractivity contribution in [3.05, 3.63) is 23.8 Å². The van der Waals surface area contributed by atoms with Crippen LogP contribution in [0.3, 0.4) is 0 Å². The van der Waals surface area contributed by atoms with Crippen LogP contribution >= 0.6 is 0 Å². The zero-order valence-corrected chi connectivity index (χ0v) is 9.35. The zero-order chi connectivity index (χ0) is 12.1. The Hall–Kier alpha value is -1.98. The molecule has 6 heteroatoms. The predicted molar refractivity (Wildman–Crippen MR) is 55.7 cm³/mol. The number of rotatable bonds is 3. The molecular formula is C10H13N3O3. The van der Waals surface area contributed by atoms with Crippen molar-refractivity contribution >= 4 is 11.9 Å². The molecule has 1 unspecified atom stereocenters. The fourth-order valence-corrected chi connectivity index (χ4v) is 1.02. The number of carbonyl (C=O) groups excluding carboxylic acids is 2. The highest BCUT2D eigenvalue weighted by Gasteiger charge is 2.17. The summed E-state index contributed by atoms with van der Waals surface area (Å²) in [5, 5.41) is 2.45. The van der Waals surface area contributed by atoms with Gasteiger partial charge in [0.15, 0.2) is 0 Å². The first kappa shape index (κ1) is 12.1. The molecule has 0 aliphatic heterocycles. The zero-order valence-electron chi connectivity index (χ0n) is 9.35. The summed E-state index contributed by atoms with van der Waals surface area (Å²) < 4.78 is 4.48. The molecule has 0 aliphatic rings. The second-order valence-corrected chi connectivity index (χ2v) is 3.26. The third-order valence-corrected chi connectivity index (χ3v) is 1.92. The molecule has 6 nitrogen and oxygen atoms in total. The first-order chi connectivity index (χ1) is 7.54. The van der Waals surface area contributed by atoms with E-state index in [9.17, 15) is 9.59 Å². The fraction of sp³-hybridized carbons (Fsp3) is 0.400. The molecule has 1 atom stereocenters. The average molecular weight is 223 g/mol. The third-order valence-electron chi connectivity index (χ3n) is 1.92. The Morgan fingerprint density at radius 2 is 2.06 bits per heavy atom. The van der Waals surface area contributed by atoms with E-state index in [0.717, 1.165) is 5.69 Å². The second kappa shape index (κ2) is 5.20. The Morgan fingerprint density at radius 1 is 1.38 bits per heavy atom. The van der Waals surface area contributed by atoms with Gasteiger partial charge in [0.2, 0.25) is 0 Å². The summed E-state index contributed by atoms with van der Waals surface area (Å²) in [5.41, 5.74) is 0.888. The van der Waals surface area contributed by atoms with E-state index in [1.165, 1.54) is 26.4 Å². The van der Waals surface area contributed by atoms with Crippen LogP contribution in [0.4, 0.5) is 0 Å². The Balaban J connectivity index is 2.65. The van der Waals surface area contributed by atoms with Crippen molar-refractivity contribution in [3.63, 3.8) is 0 Å². The maximum atomic E-state index is 11.6. The Labute approximate surface area is 93.0 Å². The van der Waals surface area contributed by atoms with Gasteiger partial charge in [-0.1, -0.05) is 0 Å². The van der Waals surface area contributed by atoms with Crippen molar-refractivity contribution in [1.82, 2.24) is 15.3 Å². The summed E-state index contributed by atoms with van der Waals surface area (Å²) in [5.74, 6) is -0.959. The smallest absolute Gasteiger partial charge is 0.328 e.